The summed E-state index contributed by atoms with van der Waals surface area (Å²) in [4.78, 5) is 14.8. The number of hydrogen-bond donors (Lipinski definition) is 2. The Morgan fingerprint density at radius 1 is 1.58 bits per heavy atom. The minimum atomic E-state index is -0.108. The smallest absolute Gasteiger partial charge is 0.315 e. The summed E-state index contributed by atoms with van der Waals surface area (Å²) in [6, 6.07) is 3.78. The maximum Gasteiger partial charge on any atom is 0.315 e. The number of aromatic nitrogens is 1. The van der Waals surface area contributed by atoms with Crippen molar-refractivity contribution in [1.29, 1.82) is 0 Å². The molecule has 1 aliphatic rings. The van der Waals surface area contributed by atoms with E-state index in [9.17, 15) is 4.79 Å². The van der Waals surface area contributed by atoms with Crippen molar-refractivity contribution >= 4 is 6.03 Å². The summed E-state index contributed by atoms with van der Waals surface area (Å²) in [5, 5.41) is 5.47. The Balaban J connectivity index is 2.16. The number of urea groups is 1. The van der Waals surface area contributed by atoms with Crippen LogP contribution in [0.4, 0.5) is 4.79 Å². The first kappa shape index (κ1) is 7.09. The van der Waals surface area contributed by atoms with E-state index in [-0.39, 0.29) is 12.1 Å². The van der Waals surface area contributed by atoms with Gasteiger partial charge in [0.15, 0.2) is 0 Å². The zero-order valence-corrected chi connectivity index (χ0v) is 6.45. The predicted octanol–water partition coefficient (Wildman–Crippen LogP) is 0.436. The van der Waals surface area contributed by atoms with Crippen molar-refractivity contribution < 1.29 is 4.79 Å². The van der Waals surface area contributed by atoms with Gasteiger partial charge in [-0.2, -0.15) is 0 Å². The van der Waals surface area contributed by atoms with Gasteiger partial charge in [0.25, 0.3) is 0 Å². The zero-order valence-electron chi connectivity index (χ0n) is 6.45. The van der Waals surface area contributed by atoms with Gasteiger partial charge in [-0.3, -0.25) is 4.98 Å². The van der Waals surface area contributed by atoms with E-state index in [0.717, 1.165) is 5.56 Å². The molecular formula is C8H9N3O. The largest absolute Gasteiger partial charge is 0.336 e. The Morgan fingerprint density at radius 3 is 3.08 bits per heavy atom. The van der Waals surface area contributed by atoms with Gasteiger partial charge in [0.1, 0.15) is 0 Å². The third-order valence-corrected chi connectivity index (χ3v) is 1.86. The zero-order chi connectivity index (χ0) is 8.39. The van der Waals surface area contributed by atoms with E-state index in [0.29, 0.717) is 6.54 Å². The van der Waals surface area contributed by atoms with Crippen molar-refractivity contribution in [2.24, 2.45) is 0 Å². The Labute approximate surface area is 70.0 Å². The summed E-state index contributed by atoms with van der Waals surface area (Å²) in [6.07, 6.45) is 3.48. The lowest BCUT2D eigenvalue weighted by atomic mass is 10.1. The molecule has 0 unspecified atom stereocenters. The van der Waals surface area contributed by atoms with Crippen LogP contribution in [0.2, 0.25) is 0 Å². The Morgan fingerprint density at radius 2 is 2.50 bits per heavy atom. The van der Waals surface area contributed by atoms with Gasteiger partial charge in [0, 0.05) is 18.9 Å². The van der Waals surface area contributed by atoms with Gasteiger partial charge in [0.05, 0.1) is 6.04 Å². The molecule has 0 aliphatic carbocycles. The minimum absolute atomic E-state index is 0.0752. The molecule has 2 rings (SSSR count). The normalized spacial score (nSPS) is 21.7. The van der Waals surface area contributed by atoms with Crippen LogP contribution in [-0.2, 0) is 0 Å². The van der Waals surface area contributed by atoms with Gasteiger partial charge >= 0.3 is 6.03 Å². The van der Waals surface area contributed by atoms with Crippen LogP contribution in [0.5, 0.6) is 0 Å². The molecule has 1 saturated heterocycles. The third kappa shape index (κ3) is 1.23. The fourth-order valence-corrected chi connectivity index (χ4v) is 1.24. The van der Waals surface area contributed by atoms with Gasteiger partial charge in [0.2, 0.25) is 0 Å². The number of rotatable bonds is 1. The minimum Gasteiger partial charge on any atom is -0.336 e. The number of carbonyl (C=O) groups excluding carboxylic acids is 1. The molecule has 0 aromatic carbocycles. The number of nitrogens with zero attached hydrogens (tertiary/aromatic N) is 1. The van der Waals surface area contributed by atoms with Crippen LogP contribution in [0.1, 0.15) is 11.6 Å². The van der Waals surface area contributed by atoms with Crippen molar-refractivity contribution in [2.75, 3.05) is 6.54 Å². The lowest BCUT2D eigenvalue weighted by Crippen LogP contribution is -2.21. The summed E-state index contributed by atoms with van der Waals surface area (Å²) < 4.78 is 0. The maximum atomic E-state index is 10.8. The fraction of sp³-hybridized carbons (Fsp3) is 0.250. The lowest BCUT2D eigenvalue weighted by molar-refractivity contribution is 0.247. The molecule has 1 aliphatic heterocycles. The maximum absolute atomic E-state index is 10.8. The number of nitrogens with one attached hydrogen (secondary N) is 2. The number of pyridine rings is 1. The van der Waals surface area contributed by atoms with Crippen LogP contribution < -0.4 is 10.6 Å². The summed E-state index contributed by atoms with van der Waals surface area (Å²) in [5.41, 5.74) is 1.04. The van der Waals surface area contributed by atoms with Gasteiger partial charge in [-0.1, -0.05) is 6.07 Å². The van der Waals surface area contributed by atoms with E-state index < -0.39 is 0 Å². The number of carbonyl (C=O) groups is 1. The molecule has 1 aromatic heterocycles. The van der Waals surface area contributed by atoms with Gasteiger partial charge in [-0.25, -0.2) is 4.79 Å². The molecule has 0 saturated carbocycles. The highest BCUT2D eigenvalue weighted by atomic mass is 16.2. The number of amides is 2. The van der Waals surface area contributed by atoms with Crippen LogP contribution in [0.3, 0.4) is 0 Å². The average molecular weight is 163 g/mol. The molecule has 1 aromatic rings. The molecule has 4 nitrogen and oxygen atoms in total. The third-order valence-electron chi connectivity index (χ3n) is 1.86. The first-order valence-corrected chi connectivity index (χ1v) is 3.80. The molecule has 0 radical (unpaired) electrons. The summed E-state index contributed by atoms with van der Waals surface area (Å²) in [6.45, 7) is 0.643. The van der Waals surface area contributed by atoms with Crippen molar-refractivity contribution in [3.63, 3.8) is 0 Å². The molecule has 2 amide bonds. The second-order valence-corrected chi connectivity index (χ2v) is 2.69. The van der Waals surface area contributed by atoms with Crippen LogP contribution in [0.25, 0.3) is 0 Å². The topological polar surface area (TPSA) is 54.0 Å². The van der Waals surface area contributed by atoms with Crippen LogP contribution in [-0.4, -0.2) is 17.6 Å². The second kappa shape index (κ2) is 2.81. The predicted molar refractivity (Wildman–Crippen MR) is 43.5 cm³/mol. The fourth-order valence-electron chi connectivity index (χ4n) is 1.24. The summed E-state index contributed by atoms with van der Waals surface area (Å²) in [5.74, 6) is 0. The van der Waals surface area contributed by atoms with Crippen molar-refractivity contribution in [3.8, 4) is 0 Å². The Hall–Kier alpha value is -1.58. The first-order chi connectivity index (χ1) is 5.86. The van der Waals surface area contributed by atoms with Gasteiger partial charge in [-0.05, 0) is 11.6 Å². The molecule has 0 bridgehead atoms. The van der Waals surface area contributed by atoms with E-state index in [4.69, 9.17) is 0 Å². The summed E-state index contributed by atoms with van der Waals surface area (Å²) >= 11 is 0. The standard InChI is InChI=1S/C8H9N3O/c12-8-10-5-7(11-8)6-2-1-3-9-4-6/h1-4,7H,5H2,(H2,10,11,12)/t7-/m0/s1. The van der Waals surface area contributed by atoms with Crippen LogP contribution in [0.15, 0.2) is 24.5 Å². The molecule has 4 heteroatoms. The molecule has 2 N–H and O–H groups in total. The summed E-state index contributed by atoms with van der Waals surface area (Å²) in [7, 11) is 0. The molecule has 62 valence electrons. The van der Waals surface area contributed by atoms with Gasteiger partial charge in [-0.15, -0.1) is 0 Å². The van der Waals surface area contributed by atoms with E-state index in [1.807, 2.05) is 12.1 Å². The van der Waals surface area contributed by atoms with E-state index in [2.05, 4.69) is 15.6 Å². The lowest BCUT2D eigenvalue weighted by Gasteiger charge is -2.06. The number of hydrogen-bond acceptors (Lipinski definition) is 2. The SMILES string of the molecule is O=C1NC[C@@H](c2cccnc2)N1. The molecule has 2 heterocycles. The average Bonchev–Trinajstić information content (AvgIpc) is 2.54. The van der Waals surface area contributed by atoms with E-state index in [1.54, 1.807) is 12.4 Å². The van der Waals surface area contributed by atoms with E-state index >= 15 is 0 Å². The van der Waals surface area contributed by atoms with Crippen LogP contribution >= 0.6 is 0 Å². The Kier molecular flexibility index (Phi) is 1.66. The molecule has 1 fully saturated rings. The Bertz CT molecular complexity index is 286. The quantitative estimate of drug-likeness (QED) is 0.631. The van der Waals surface area contributed by atoms with Crippen molar-refractivity contribution in [2.45, 2.75) is 6.04 Å². The molecule has 1 atom stereocenters. The molecular weight excluding hydrogens is 154 g/mol. The van der Waals surface area contributed by atoms with Crippen LogP contribution in [0, 0.1) is 0 Å². The first-order valence-electron chi connectivity index (χ1n) is 3.80. The van der Waals surface area contributed by atoms with Gasteiger partial charge < -0.3 is 10.6 Å². The van der Waals surface area contributed by atoms with Crippen molar-refractivity contribution in [3.05, 3.63) is 30.1 Å². The highest BCUT2D eigenvalue weighted by Gasteiger charge is 2.20. The highest BCUT2D eigenvalue weighted by Crippen LogP contribution is 2.12. The molecule has 0 spiro atoms. The van der Waals surface area contributed by atoms with Crippen molar-refractivity contribution in [1.82, 2.24) is 15.6 Å². The highest BCUT2D eigenvalue weighted by molar-refractivity contribution is 5.76. The second-order valence-electron chi connectivity index (χ2n) is 2.69. The molecule has 12 heavy (non-hydrogen) atoms. The van der Waals surface area contributed by atoms with E-state index in [1.165, 1.54) is 0 Å². The monoisotopic (exact) mass is 163 g/mol.